The molecule has 0 saturated heterocycles. The lowest BCUT2D eigenvalue weighted by Crippen LogP contribution is -2.29. The van der Waals surface area contributed by atoms with Crippen molar-refractivity contribution in [2.24, 2.45) is 5.92 Å². The standard InChI is InChI=1S/C26H25FN2O4S/c1-32-24-12-6-9-19(26(24)33-2)25-18-8-5-7-17(18)20-15-16(13-14-22(20)28-25)34(30,31)29-23-11-4-3-10-21(23)27/h3-7,9-15,17-18,25,28-29H,8H2,1-2H3/t17-,18-,25+/m0/s1. The van der Waals surface area contributed by atoms with Gasteiger partial charge in [-0.25, -0.2) is 12.8 Å². The first-order chi connectivity index (χ1) is 16.4. The van der Waals surface area contributed by atoms with Crippen molar-refractivity contribution in [2.75, 3.05) is 24.3 Å². The van der Waals surface area contributed by atoms with Crippen molar-refractivity contribution >= 4 is 21.4 Å². The van der Waals surface area contributed by atoms with Gasteiger partial charge in [-0.1, -0.05) is 36.4 Å². The van der Waals surface area contributed by atoms with Gasteiger partial charge in [0, 0.05) is 17.2 Å². The predicted molar refractivity (Wildman–Crippen MR) is 130 cm³/mol. The topological polar surface area (TPSA) is 76.7 Å². The van der Waals surface area contributed by atoms with Gasteiger partial charge < -0.3 is 14.8 Å². The minimum Gasteiger partial charge on any atom is -0.493 e. The quantitative estimate of drug-likeness (QED) is 0.458. The van der Waals surface area contributed by atoms with Crippen molar-refractivity contribution in [3.8, 4) is 11.5 Å². The lowest BCUT2D eigenvalue weighted by atomic mass is 9.77. The molecule has 3 aromatic rings. The summed E-state index contributed by atoms with van der Waals surface area (Å²) in [6.45, 7) is 0. The SMILES string of the molecule is COc1cccc([C@@H]2Nc3ccc(S(=O)(=O)Nc4ccccc4F)cc3[C@H]3C=CC[C@@H]32)c1OC. The van der Waals surface area contributed by atoms with Crippen LogP contribution in [0.15, 0.2) is 77.7 Å². The molecule has 176 valence electrons. The number of sulfonamides is 1. The molecule has 3 atom stereocenters. The van der Waals surface area contributed by atoms with Gasteiger partial charge in [-0.3, -0.25) is 4.72 Å². The maximum Gasteiger partial charge on any atom is 0.261 e. The van der Waals surface area contributed by atoms with Gasteiger partial charge in [0.15, 0.2) is 11.5 Å². The molecular weight excluding hydrogens is 455 g/mol. The molecule has 0 amide bonds. The Morgan fingerprint density at radius 3 is 2.59 bits per heavy atom. The maximum absolute atomic E-state index is 14.0. The number of rotatable bonds is 6. The molecule has 3 aromatic carbocycles. The van der Waals surface area contributed by atoms with Crippen molar-refractivity contribution in [3.05, 3.63) is 89.8 Å². The summed E-state index contributed by atoms with van der Waals surface area (Å²) >= 11 is 0. The number of nitrogens with one attached hydrogen (secondary N) is 2. The van der Waals surface area contributed by atoms with Crippen LogP contribution in [0.1, 0.15) is 29.5 Å². The van der Waals surface area contributed by atoms with E-state index in [4.69, 9.17) is 9.47 Å². The monoisotopic (exact) mass is 480 g/mol. The number of methoxy groups -OCH3 is 2. The molecule has 1 aliphatic carbocycles. The second kappa shape index (κ2) is 8.68. The summed E-state index contributed by atoms with van der Waals surface area (Å²) in [6.07, 6.45) is 5.10. The summed E-state index contributed by atoms with van der Waals surface area (Å²) in [5, 5.41) is 3.60. The van der Waals surface area contributed by atoms with E-state index in [0.717, 1.165) is 23.2 Å². The fourth-order valence-electron chi connectivity index (χ4n) is 4.95. The third-order valence-corrected chi connectivity index (χ3v) is 7.89. The zero-order chi connectivity index (χ0) is 23.9. The largest absolute Gasteiger partial charge is 0.493 e. The van der Waals surface area contributed by atoms with Crippen LogP contribution < -0.4 is 19.5 Å². The van der Waals surface area contributed by atoms with Gasteiger partial charge in [0.2, 0.25) is 0 Å². The second-order valence-corrected chi connectivity index (χ2v) is 10.1. The van der Waals surface area contributed by atoms with Gasteiger partial charge in [0.1, 0.15) is 5.82 Å². The number of hydrogen-bond donors (Lipinski definition) is 2. The molecule has 0 radical (unpaired) electrons. The molecule has 34 heavy (non-hydrogen) atoms. The highest BCUT2D eigenvalue weighted by molar-refractivity contribution is 7.92. The van der Waals surface area contributed by atoms with E-state index in [1.807, 2.05) is 18.2 Å². The number of allylic oxidation sites excluding steroid dienone is 2. The fraction of sp³-hybridized carbons (Fsp3) is 0.231. The number of hydrogen-bond acceptors (Lipinski definition) is 5. The van der Waals surface area contributed by atoms with E-state index in [2.05, 4.69) is 22.2 Å². The Kier molecular flexibility index (Phi) is 5.69. The Labute approximate surface area is 198 Å². The molecule has 1 heterocycles. The van der Waals surface area contributed by atoms with Crippen molar-refractivity contribution in [2.45, 2.75) is 23.3 Å². The molecule has 1 aliphatic heterocycles. The molecule has 0 unspecified atom stereocenters. The van der Waals surface area contributed by atoms with Gasteiger partial charge >= 0.3 is 0 Å². The molecule has 0 saturated carbocycles. The highest BCUT2D eigenvalue weighted by atomic mass is 32.2. The van der Waals surface area contributed by atoms with Crippen LogP contribution in [0.3, 0.4) is 0 Å². The molecule has 0 aromatic heterocycles. The minimum atomic E-state index is -3.96. The maximum atomic E-state index is 14.0. The van der Waals surface area contributed by atoms with E-state index >= 15 is 0 Å². The summed E-state index contributed by atoms with van der Waals surface area (Å²) in [5.41, 5.74) is 2.66. The summed E-state index contributed by atoms with van der Waals surface area (Å²) in [6, 6.07) is 16.5. The van der Waals surface area contributed by atoms with Gasteiger partial charge in [0.25, 0.3) is 10.0 Å². The fourth-order valence-corrected chi connectivity index (χ4v) is 6.05. The lowest BCUT2D eigenvalue weighted by Gasteiger charge is -2.38. The van der Waals surface area contributed by atoms with Crippen LogP contribution in [0.2, 0.25) is 0 Å². The van der Waals surface area contributed by atoms with Crippen molar-refractivity contribution in [3.63, 3.8) is 0 Å². The molecule has 2 aliphatic rings. The Morgan fingerprint density at radius 1 is 1.00 bits per heavy atom. The number of anilines is 2. The summed E-state index contributed by atoms with van der Waals surface area (Å²) in [5.74, 6) is 0.923. The predicted octanol–water partition coefficient (Wildman–Crippen LogP) is 5.47. The third-order valence-electron chi connectivity index (χ3n) is 6.53. The molecule has 8 heteroatoms. The molecule has 6 nitrogen and oxygen atoms in total. The smallest absolute Gasteiger partial charge is 0.261 e. The normalized spacial score (nSPS) is 20.7. The van der Waals surface area contributed by atoms with E-state index < -0.39 is 15.8 Å². The zero-order valence-corrected chi connectivity index (χ0v) is 19.6. The third kappa shape index (κ3) is 3.77. The Hall–Kier alpha value is -3.52. The van der Waals surface area contributed by atoms with Gasteiger partial charge in [-0.05, 0) is 54.3 Å². The van der Waals surface area contributed by atoms with Crippen LogP contribution >= 0.6 is 0 Å². The van der Waals surface area contributed by atoms with E-state index in [9.17, 15) is 12.8 Å². The van der Waals surface area contributed by atoms with Crippen LogP contribution in [-0.4, -0.2) is 22.6 Å². The van der Waals surface area contributed by atoms with Crippen molar-refractivity contribution in [1.82, 2.24) is 0 Å². The molecular formula is C26H25FN2O4S. The number of ether oxygens (including phenoxy) is 2. The van der Waals surface area contributed by atoms with Crippen LogP contribution in [0.5, 0.6) is 11.5 Å². The van der Waals surface area contributed by atoms with E-state index in [1.54, 1.807) is 32.4 Å². The summed E-state index contributed by atoms with van der Waals surface area (Å²) in [7, 11) is -0.721. The molecule has 0 fully saturated rings. The molecule has 2 N–H and O–H groups in total. The van der Waals surface area contributed by atoms with E-state index in [1.165, 1.54) is 24.3 Å². The second-order valence-electron chi connectivity index (χ2n) is 8.39. The average molecular weight is 481 g/mol. The first kappa shape index (κ1) is 22.3. The van der Waals surface area contributed by atoms with Crippen LogP contribution in [-0.2, 0) is 10.0 Å². The number of halogens is 1. The number of fused-ring (bicyclic) bond motifs is 3. The average Bonchev–Trinajstić information content (AvgIpc) is 3.34. The molecule has 0 bridgehead atoms. The van der Waals surface area contributed by atoms with E-state index in [0.29, 0.717) is 11.5 Å². The van der Waals surface area contributed by atoms with Crippen LogP contribution in [0.4, 0.5) is 15.8 Å². The first-order valence-corrected chi connectivity index (χ1v) is 12.5. The summed E-state index contributed by atoms with van der Waals surface area (Å²) < 4.78 is 53.6. The van der Waals surface area contributed by atoms with Gasteiger partial charge in [-0.15, -0.1) is 0 Å². The number of para-hydroxylation sites is 2. The highest BCUT2D eigenvalue weighted by Crippen LogP contribution is 2.52. The molecule has 5 rings (SSSR count). The Morgan fingerprint density at radius 2 is 1.82 bits per heavy atom. The van der Waals surface area contributed by atoms with Crippen LogP contribution in [0, 0.1) is 11.7 Å². The van der Waals surface area contributed by atoms with Crippen molar-refractivity contribution < 1.29 is 22.3 Å². The lowest BCUT2D eigenvalue weighted by molar-refractivity contribution is 0.341. The summed E-state index contributed by atoms with van der Waals surface area (Å²) in [4.78, 5) is 0.0905. The van der Waals surface area contributed by atoms with Gasteiger partial charge in [-0.2, -0.15) is 0 Å². The number of benzene rings is 3. The first-order valence-electron chi connectivity index (χ1n) is 11.0. The minimum absolute atomic E-state index is 0.0285. The van der Waals surface area contributed by atoms with Crippen LogP contribution in [0.25, 0.3) is 0 Å². The highest BCUT2D eigenvalue weighted by Gasteiger charge is 2.40. The van der Waals surface area contributed by atoms with Crippen molar-refractivity contribution in [1.29, 1.82) is 0 Å². The van der Waals surface area contributed by atoms with Gasteiger partial charge in [0.05, 0.1) is 30.8 Å². The Bertz CT molecular complexity index is 1370. The zero-order valence-electron chi connectivity index (χ0n) is 18.8. The van der Waals surface area contributed by atoms with E-state index in [-0.39, 0.29) is 28.5 Å². The molecule has 0 spiro atoms. The Balaban J connectivity index is 1.52.